The first-order valence-electron chi connectivity index (χ1n) is 3.72. The molecule has 0 radical (unpaired) electrons. The van der Waals surface area contributed by atoms with Crippen molar-refractivity contribution in [2.45, 2.75) is 12.8 Å². The Labute approximate surface area is 67.8 Å². The van der Waals surface area contributed by atoms with Crippen LogP contribution in [0.1, 0.15) is 12.8 Å². The molecule has 4 heteroatoms. The minimum Gasteiger partial charge on any atom is -0.385 e. The predicted octanol–water partition coefficient (Wildman–Crippen LogP) is 0.238. The molecule has 0 saturated carbocycles. The van der Waals surface area contributed by atoms with Gasteiger partial charge in [-0.25, -0.2) is 0 Å². The highest BCUT2D eigenvalue weighted by Crippen LogP contribution is 1.91. The molecule has 0 aliphatic carbocycles. The molecule has 0 fully saturated rings. The number of nitrogens with one attached hydrogen (secondary N) is 1. The molecule has 0 spiro atoms. The summed E-state index contributed by atoms with van der Waals surface area (Å²) in [4.78, 5) is 1.72. The molecule has 0 aromatic rings. The van der Waals surface area contributed by atoms with Gasteiger partial charge in [0.15, 0.2) is 5.96 Å². The van der Waals surface area contributed by atoms with Crippen LogP contribution >= 0.6 is 0 Å². The highest BCUT2D eigenvalue weighted by molar-refractivity contribution is 5.74. The number of guanidine groups is 1. The van der Waals surface area contributed by atoms with Crippen molar-refractivity contribution in [3.05, 3.63) is 0 Å². The maximum atomic E-state index is 7.05. The number of hydrogen-bond donors (Lipinski definition) is 2. The molecule has 0 aromatic heterocycles. The van der Waals surface area contributed by atoms with Gasteiger partial charge < -0.3 is 15.4 Å². The summed E-state index contributed by atoms with van der Waals surface area (Å²) in [6, 6.07) is 0. The lowest BCUT2D eigenvalue weighted by Crippen LogP contribution is -2.33. The molecule has 0 heterocycles. The van der Waals surface area contributed by atoms with Crippen LogP contribution in [0.2, 0.25) is 0 Å². The van der Waals surface area contributed by atoms with Gasteiger partial charge in [-0.05, 0) is 12.8 Å². The van der Waals surface area contributed by atoms with Crippen LogP contribution in [-0.2, 0) is 4.74 Å². The Kier molecular flexibility index (Phi) is 5.56. The Hall–Kier alpha value is -0.770. The van der Waals surface area contributed by atoms with Gasteiger partial charge in [0.25, 0.3) is 0 Å². The summed E-state index contributed by atoms with van der Waals surface area (Å²) in [5.74, 6) is 0.127. The van der Waals surface area contributed by atoms with Gasteiger partial charge in [0.2, 0.25) is 0 Å². The smallest absolute Gasteiger partial charge is 0.188 e. The third-order valence-corrected chi connectivity index (χ3v) is 1.50. The quantitative estimate of drug-likeness (QED) is 0.343. The van der Waals surface area contributed by atoms with E-state index in [0.29, 0.717) is 0 Å². The van der Waals surface area contributed by atoms with Crippen molar-refractivity contribution in [3.8, 4) is 0 Å². The van der Waals surface area contributed by atoms with Crippen LogP contribution in [0.25, 0.3) is 0 Å². The lowest BCUT2D eigenvalue weighted by atomic mass is 10.3. The fourth-order valence-corrected chi connectivity index (χ4v) is 0.716. The van der Waals surface area contributed by atoms with E-state index in [4.69, 9.17) is 15.9 Å². The molecule has 0 unspecified atom stereocenters. The van der Waals surface area contributed by atoms with Crippen molar-refractivity contribution < 1.29 is 4.74 Å². The lowest BCUT2D eigenvalue weighted by Gasteiger charge is -2.15. The molecule has 0 rings (SSSR count). The number of unbranched alkanes of at least 4 members (excludes halogenated alkanes) is 1. The van der Waals surface area contributed by atoms with E-state index in [-0.39, 0.29) is 5.96 Å². The van der Waals surface area contributed by atoms with E-state index < -0.39 is 0 Å². The zero-order valence-corrected chi connectivity index (χ0v) is 7.26. The van der Waals surface area contributed by atoms with E-state index in [9.17, 15) is 0 Å². The minimum absolute atomic E-state index is 0.127. The fraction of sp³-hybridized carbons (Fsp3) is 0.857. The molecule has 0 atom stereocenters. The number of methoxy groups -OCH3 is 1. The average Bonchev–Trinajstić information content (AvgIpc) is 1.97. The summed E-state index contributed by atoms with van der Waals surface area (Å²) in [6.45, 7) is 1.62. The highest BCUT2D eigenvalue weighted by atomic mass is 16.5. The van der Waals surface area contributed by atoms with Gasteiger partial charge in [-0.2, -0.15) is 0 Å². The molecule has 0 aliphatic rings. The van der Waals surface area contributed by atoms with E-state index in [1.54, 1.807) is 12.0 Å². The Morgan fingerprint density at radius 3 is 2.64 bits per heavy atom. The molecule has 0 aliphatic heterocycles. The molecular formula is C7H17N3O. The van der Waals surface area contributed by atoms with Gasteiger partial charge >= 0.3 is 0 Å². The molecule has 4 nitrogen and oxygen atoms in total. The van der Waals surface area contributed by atoms with Crippen LogP contribution in [0.5, 0.6) is 0 Å². The fourth-order valence-electron chi connectivity index (χ4n) is 0.716. The normalized spacial score (nSPS) is 9.64. The van der Waals surface area contributed by atoms with E-state index in [2.05, 4.69) is 0 Å². The average molecular weight is 159 g/mol. The summed E-state index contributed by atoms with van der Waals surface area (Å²) in [6.07, 6.45) is 2.04. The molecule has 3 N–H and O–H groups in total. The van der Waals surface area contributed by atoms with Gasteiger partial charge in [-0.3, -0.25) is 5.41 Å². The Morgan fingerprint density at radius 2 is 2.18 bits per heavy atom. The van der Waals surface area contributed by atoms with Gasteiger partial charge in [-0.15, -0.1) is 0 Å². The van der Waals surface area contributed by atoms with Crippen LogP contribution in [-0.4, -0.2) is 38.2 Å². The van der Waals surface area contributed by atoms with Gasteiger partial charge in [0.1, 0.15) is 0 Å². The van der Waals surface area contributed by atoms with E-state index in [0.717, 1.165) is 26.0 Å². The van der Waals surface area contributed by atoms with Crippen molar-refractivity contribution in [2.75, 3.05) is 27.3 Å². The van der Waals surface area contributed by atoms with Gasteiger partial charge in [0, 0.05) is 27.3 Å². The maximum Gasteiger partial charge on any atom is 0.188 e. The monoisotopic (exact) mass is 159 g/mol. The number of ether oxygens (including phenoxy) is 1. The van der Waals surface area contributed by atoms with Crippen molar-refractivity contribution in [1.29, 1.82) is 5.41 Å². The highest BCUT2D eigenvalue weighted by Gasteiger charge is 1.97. The van der Waals surface area contributed by atoms with Crippen LogP contribution in [0, 0.1) is 5.41 Å². The summed E-state index contributed by atoms with van der Waals surface area (Å²) >= 11 is 0. The number of nitrogens with two attached hydrogens (primary N) is 1. The SMILES string of the molecule is COCCCCN(C)C(=N)N. The van der Waals surface area contributed by atoms with Gasteiger partial charge in [0.05, 0.1) is 0 Å². The second-order valence-electron chi connectivity index (χ2n) is 2.51. The lowest BCUT2D eigenvalue weighted by molar-refractivity contribution is 0.190. The third-order valence-electron chi connectivity index (χ3n) is 1.50. The predicted molar refractivity (Wildman–Crippen MR) is 45.7 cm³/mol. The number of hydrogen-bond acceptors (Lipinski definition) is 2. The molecule has 0 aromatic carbocycles. The molecule has 11 heavy (non-hydrogen) atoms. The second-order valence-corrected chi connectivity index (χ2v) is 2.51. The molecular weight excluding hydrogens is 142 g/mol. The molecule has 0 amide bonds. The summed E-state index contributed by atoms with van der Waals surface area (Å²) in [5.41, 5.74) is 5.23. The van der Waals surface area contributed by atoms with Crippen molar-refractivity contribution >= 4 is 5.96 Å². The van der Waals surface area contributed by atoms with Gasteiger partial charge in [-0.1, -0.05) is 0 Å². The largest absolute Gasteiger partial charge is 0.385 e. The summed E-state index contributed by atoms with van der Waals surface area (Å²) in [5, 5.41) is 7.05. The standard InChI is InChI=1S/C7H17N3O/c1-10(7(8)9)5-3-4-6-11-2/h3-6H2,1-2H3,(H3,8,9). The molecule has 66 valence electrons. The zero-order chi connectivity index (χ0) is 8.69. The van der Waals surface area contributed by atoms with E-state index in [1.165, 1.54) is 0 Å². The number of rotatable bonds is 5. The van der Waals surface area contributed by atoms with E-state index in [1.807, 2.05) is 7.05 Å². The zero-order valence-electron chi connectivity index (χ0n) is 7.26. The van der Waals surface area contributed by atoms with E-state index >= 15 is 0 Å². The molecule has 0 bridgehead atoms. The summed E-state index contributed by atoms with van der Waals surface area (Å²) < 4.78 is 4.88. The first-order chi connectivity index (χ1) is 5.18. The van der Waals surface area contributed by atoms with Crippen molar-refractivity contribution in [3.63, 3.8) is 0 Å². The second kappa shape index (κ2) is 5.97. The summed E-state index contributed by atoms with van der Waals surface area (Å²) in [7, 11) is 3.50. The Morgan fingerprint density at radius 1 is 1.55 bits per heavy atom. The third kappa shape index (κ3) is 5.66. The molecule has 0 saturated heterocycles. The van der Waals surface area contributed by atoms with Crippen LogP contribution < -0.4 is 5.73 Å². The first kappa shape index (κ1) is 10.2. The van der Waals surface area contributed by atoms with Crippen LogP contribution in [0.15, 0.2) is 0 Å². The Balaban J connectivity index is 3.17. The van der Waals surface area contributed by atoms with Crippen LogP contribution in [0.4, 0.5) is 0 Å². The van der Waals surface area contributed by atoms with Crippen molar-refractivity contribution in [2.24, 2.45) is 5.73 Å². The Bertz CT molecular complexity index is 116. The first-order valence-corrected chi connectivity index (χ1v) is 3.72. The number of nitrogens with zero attached hydrogens (tertiary/aromatic N) is 1. The van der Waals surface area contributed by atoms with Crippen molar-refractivity contribution in [1.82, 2.24) is 4.90 Å². The minimum atomic E-state index is 0.127. The van der Waals surface area contributed by atoms with Crippen LogP contribution in [0.3, 0.4) is 0 Å². The topological polar surface area (TPSA) is 62.3 Å². The maximum absolute atomic E-state index is 7.05.